The third kappa shape index (κ3) is 3.92. The number of hydrogen-bond donors (Lipinski definition) is 2. The van der Waals surface area contributed by atoms with Gasteiger partial charge in [-0.3, -0.25) is 5.10 Å². The molecule has 0 aliphatic carbocycles. The highest BCUT2D eigenvalue weighted by molar-refractivity contribution is 9.09. The first-order chi connectivity index (χ1) is 7.06. The SMILES string of the molecule is CCC(Br)CCNS(=O)(=O)c1ccn[nH]1. The van der Waals surface area contributed by atoms with E-state index in [1.165, 1.54) is 12.3 Å². The molecular formula is C8H14BrN3O2S. The molecule has 15 heavy (non-hydrogen) atoms. The van der Waals surface area contributed by atoms with Gasteiger partial charge in [0.05, 0.1) is 6.20 Å². The highest BCUT2D eigenvalue weighted by Crippen LogP contribution is 2.09. The molecule has 0 radical (unpaired) electrons. The van der Waals surface area contributed by atoms with Gasteiger partial charge in [0.1, 0.15) is 0 Å². The summed E-state index contributed by atoms with van der Waals surface area (Å²) in [6.45, 7) is 2.47. The van der Waals surface area contributed by atoms with Gasteiger partial charge in [0.15, 0.2) is 5.03 Å². The zero-order chi connectivity index (χ0) is 11.3. The van der Waals surface area contributed by atoms with Gasteiger partial charge in [-0.05, 0) is 18.9 Å². The lowest BCUT2D eigenvalue weighted by Crippen LogP contribution is -2.26. The summed E-state index contributed by atoms with van der Waals surface area (Å²) >= 11 is 3.44. The number of sulfonamides is 1. The van der Waals surface area contributed by atoms with Crippen LogP contribution in [-0.2, 0) is 10.0 Å². The maximum Gasteiger partial charge on any atom is 0.257 e. The Morgan fingerprint density at radius 1 is 1.67 bits per heavy atom. The van der Waals surface area contributed by atoms with Crippen molar-refractivity contribution in [2.24, 2.45) is 0 Å². The van der Waals surface area contributed by atoms with E-state index >= 15 is 0 Å². The normalized spacial score (nSPS) is 14.0. The minimum absolute atomic E-state index is 0.102. The Bertz CT molecular complexity index is 377. The van der Waals surface area contributed by atoms with E-state index in [4.69, 9.17) is 0 Å². The molecule has 0 saturated heterocycles. The molecule has 1 unspecified atom stereocenters. The molecule has 0 aliphatic rings. The minimum atomic E-state index is -3.41. The van der Waals surface area contributed by atoms with Crippen molar-refractivity contribution in [3.8, 4) is 0 Å². The fourth-order valence-corrected chi connectivity index (χ4v) is 2.21. The van der Waals surface area contributed by atoms with Crippen molar-refractivity contribution in [3.05, 3.63) is 12.3 Å². The summed E-state index contributed by atoms with van der Waals surface area (Å²) in [6, 6.07) is 1.42. The quantitative estimate of drug-likeness (QED) is 0.776. The largest absolute Gasteiger partial charge is 0.266 e. The zero-order valence-electron chi connectivity index (χ0n) is 8.40. The second kappa shape index (κ2) is 5.62. The molecule has 0 amide bonds. The predicted molar refractivity (Wildman–Crippen MR) is 61.4 cm³/mol. The minimum Gasteiger partial charge on any atom is -0.266 e. The maximum absolute atomic E-state index is 11.6. The summed E-state index contributed by atoms with van der Waals surface area (Å²) in [7, 11) is -3.41. The van der Waals surface area contributed by atoms with Crippen molar-refractivity contribution >= 4 is 26.0 Å². The molecule has 0 aliphatic heterocycles. The summed E-state index contributed by atoms with van der Waals surface area (Å²) < 4.78 is 25.6. The molecule has 1 atom stereocenters. The standard InChI is InChI=1S/C8H14BrN3O2S/c1-2-7(9)3-6-11-15(13,14)8-4-5-10-12-8/h4-5,7,11H,2-3,6H2,1H3,(H,10,12). The Hall–Kier alpha value is -0.400. The molecule has 0 bridgehead atoms. The number of aromatic amines is 1. The van der Waals surface area contributed by atoms with Gasteiger partial charge in [0.25, 0.3) is 10.0 Å². The van der Waals surface area contributed by atoms with Crippen molar-refractivity contribution in [3.63, 3.8) is 0 Å². The van der Waals surface area contributed by atoms with Gasteiger partial charge < -0.3 is 0 Å². The molecule has 86 valence electrons. The third-order valence-corrected chi connectivity index (χ3v) is 4.45. The van der Waals surface area contributed by atoms with Gasteiger partial charge in [-0.1, -0.05) is 22.9 Å². The Balaban J connectivity index is 2.45. The summed E-state index contributed by atoms with van der Waals surface area (Å²) in [4.78, 5) is 0.349. The monoisotopic (exact) mass is 295 g/mol. The summed E-state index contributed by atoms with van der Waals surface area (Å²) in [5.41, 5.74) is 0. The second-order valence-electron chi connectivity index (χ2n) is 3.11. The Kier molecular flexibility index (Phi) is 4.75. The third-order valence-electron chi connectivity index (χ3n) is 1.96. The number of aromatic nitrogens is 2. The van der Waals surface area contributed by atoms with Crippen LogP contribution >= 0.6 is 15.9 Å². The first kappa shape index (κ1) is 12.7. The van der Waals surface area contributed by atoms with Crippen LogP contribution < -0.4 is 4.72 Å². The van der Waals surface area contributed by atoms with Crippen LogP contribution in [0.25, 0.3) is 0 Å². The van der Waals surface area contributed by atoms with Crippen molar-refractivity contribution in [1.82, 2.24) is 14.9 Å². The molecule has 1 rings (SSSR count). The van der Waals surface area contributed by atoms with Crippen LogP contribution in [0, 0.1) is 0 Å². The summed E-state index contributed by atoms with van der Waals surface area (Å²) in [5, 5.41) is 6.11. The van der Waals surface area contributed by atoms with Crippen molar-refractivity contribution in [2.75, 3.05) is 6.54 Å². The van der Waals surface area contributed by atoms with E-state index < -0.39 is 10.0 Å². The van der Waals surface area contributed by atoms with Crippen LogP contribution in [0.2, 0.25) is 0 Å². The van der Waals surface area contributed by atoms with Crippen LogP contribution in [0.4, 0.5) is 0 Å². The number of nitrogens with zero attached hydrogens (tertiary/aromatic N) is 1. The number of nitrogens with one attached hydrogen (secondary N) is 2. The van der Waals surface area contributed by atoms with E-state index in [0.29, 0.717) is 11.4 Å². The molecule has 7 heteroatoms. The van der Waals surface area contributed by atoms with Crippen LogP contribution in [0.1, 0.15) is 19.8 Å². The molecule has 0 spiro atoms. The second-order valence-corrected chi connectivity index (χ2v) is 6.14. The molecule has 0 fully saturated rings. The van der Waals surface area contributed by atoms with Crippen LogP contribution in [0.3, 0.4) is 0 Å². The predicted octanol–water partition coefficient (Wildman–Crippen LogP) is 1.25. The van der Waals surface area contributed by atoms with Gasteiger partial charge in [-0.2, -0.15) is 5.10 Å². The smallest absolute Gasteiger partial charge is 0.257 e. The van der Waals surface area contributed by atoms with E-state index in [-0.39, 0.29) is 5.03 Å². The van der Waals surface area contributed by atoms with E-state index in [1.54, 1.807) is 0 Å². The molecule has 1 heterocycles. The fourth-order valence-electron chi connectivity index (χ4n) is 1.02. The lowest BCUT2D eigenvalue weighted by Gasteiger charge is -2.07. The average molecular weight is 296 g/mol. The van der Waals surface area contributed by atoms with Gasteiger partial charge in [0.2, 0.25) is 0 Å². The van der Waals surface area contributed by atoms with Gasteiger partial charge >= 0.3 is 0 Å². The molecule has 2 N–H and O–H groups in total. The lowest BCUT2D eigenvalue weighted by atomic mass is 10.2. The summed E-state index contributed by atoms with van der Waals surface area (Å²) in [5.74, 6) is 0. The van der Waals surface area contributed by atoms with Crippen LogP contribution in [-0.4, -0.2) is 30.0 Å². The highest BCUT2D eigenvalue weighted by Gasteiger charge is 2.14. The molecule has 0 saturated carbocycles. The van der Waals surface area contributed by atoms with Gasteiger partial charge in [-0.25, -0.2) is 13.1 Å². The lowest BCUT2D eigenvalue weighted by molar-refractivity contribution is 0.573. The first-order valence-electron chi connectivity index (χ1n) is 4.69. The zero-order valence-corrected chi connectivity index (χ0v) is 10.8. The molecule has 1 aromatic heterocycles. The Labute approximate surface area is 97.8 Å². The van der Waals surface area contributed by atoms with Gasteiger partial charge in [0, 0.05) is 11.4 Å². The average Bonchev–Trinajstić information content (AvgIpc) is 2.70. The van der Waals surface area contributed by atoms with E-state index in [1.807, 2.05) is 6.92 Å². The van der Waals surface area contributed by atoms with Crippen molar-refractivity contribution in [1.29, 1.82) is 0 Å². The molecule has 5 nitrogen and oxygen atoms in total. The fraction of sp³-hybridized carbons (Fsp3) is 0.625. The topological polar surface area (TPSA) is 74.8 Å². The number of H-pyrrole nitrogens is 1. The molecular weight excluding hydrogens is 282 g/mol. The van der Waals surface area contributed by atoms with E-state index in [0.717, 1.165) is 12.8 Å². The molecule has 0 aromatic carbocycles. The number of rotatable bonds is 6. The van der Waals surface area contributed by atoms with Crippen LogP contribution in [0.15, 0.2) is 17.3 Å². The highest BCUT2D eigenvalue weighted by atomic mass is 79.9. The maximum atomic E-state index is 11.6. The van der Waals surface area contributed by atoms with Gasteiger partial charge in [-0.15, -0.1) is 0 Å². The Morgan fingerprint density at radius 2 is 2.40 bits per heavy atom. The number of halogens is 1. The Morgan fingerprint density at radius 3 is 2.93 bits per heavy atom. The van der Waals surface area contributed by atoms with E-state index in [2.05, 4.69) is 30.8 Å². The first-order valence-corrected chi connectivity index (χ1v) is 7.09. The van der Waals surface area contributed by atoms with Crippen LogP contribution in [0.5, 0.6) is 0 Å². The van der Waals surface area contributed by atoms with E-state index in [9.17, 15) is 8.42 Å². The molecule has 1 aromatic rings. The van der Waals surface area contributed by atoms with Crippen molar-refractivity contribution in [2.45, 2.75) is 29.6 Å². The van der Waals surface area contributed by atoms with Crippen molar-refractivity contribution < 1.29 is 8.42 Å². The number of alkyl halides is 1. The number of hydrogen-bond acceptors (Lipinski definition) is 3. The summed E-state index contributed by atoms with van der Waals surface area (Å²) in [6.07, 6.45) is 3.16.